The number of carbonyl (C=O) groups is 2. The third kappa shape index (κ3) is 6.81. The largest absolute Gasteiger partial charge is 0.481 e. The van der Waals surface area contributed by atoms with Gasteiger partial charge in [0.2, 0.25) is 5.88 Å². The topological polar surface area (TPSA) is 121 Å². The molecule has 0 spiro atoms. The lowest BCUT2D eigenvalue weighted by atomic mass is 10.1. The zero-order valence-corrected chi connectivity index (χ0v) is 21.6. The van der Waals surface area contributed by atoms with Gasteiger partial charge in [-0.3, -0.25) is 9.69 Å². The average molecular weight is 552 g/mol. The summed E-state index contributed by atoms with van der Waals surface area (Å²) in [5, 5.41) is 8.39. The molecule has 2 aromatic carbocycles. The maximum absolute atomic E-state index is 13.0. The van der Waals surface area contributed by atoms with Crippen molar-refractivity contribution in [3.63, 3.8) is 0 Å². The number of alkyl halides is 3. The number of aromatic nitrogens is 3. The molecule has 10 nitrogen and oxygen atoms in total. The molecule has 0 saturated carbocycles. The molecule has 4 rings (SSSR count). The van der Waals surface area contributed by atoms with Crippen LogP contribution in [-0.4, -0.2) is 41.0 Å². The summed E-state index contributed by atoms with van der Waals surface area (Å²) >= 11 is 0. The van der Waals surface area contributed by atoms with Crippen molar-refractivity contribution < 1.29 is 27.5 Å². The van der Waals surface area contributed by atoms with Crippen molar-refractivity contribution in [1.82, 2.24) is 15.0 Å². The number of urea groups is 1. The second-order valence-corrected chi connectivity index (χ2v) is 8.53. The summed E-state index contributed by atoms with van der Waals surface area (Å²) in [7, 11) is 3.03. The van der Waals surface area contributed by atoms with Crippen LogP contribution < -0.4 is 25.6 Å². The molecule has 40 heavy (non-hydrogen) atoms. The van der Waals surface area contributed by atoms with Crippen LogP contribution >= 0.6 is 0 Å². The number of carbonyl (C=O) groups excluding carboxylic acids is 2. The molecule has 0 aliphatic carbocycles. The van der Waals surface area contributed by atoms with Crippen LogP contribution in [0.25, 0.3) is 0 Å². The minimum Gasteiger partial charge on any atom is -0.481 e. The van der Waals surface area contributed by atoms with E-state index in [0.717, 1.165) is 18.2 Å². The number of aryl methyl sites for hydroxylation is 1. The van der Waals surface area contributed by atoms with Crippen molar-refractivity contribution >= 4 is 40.6 Å². The lowest BCUT2D eigenvalue weighted by Gasteiger charge is -2.19. The molecule has 0 fully saturated rings. The first-order valence-electron chi connectivity index (χ1n) is 11.8. The summed E-state index contributed by atoms with van der Waals surface area (Å²) in [6.45, 7) is 1.75. The first kappa shape index (κ1) is 27.8. The molecule has 0 bridgehead atoms. The van der Waals surface area contributed by atoms with Gasteiger partial charge in [0.25, 0.3) is 5.91 Å². The molecule has 4 aromatic rings. The molecule has 0 atom stereocenters. The molecule has 3 amide bonds. The van der Waals surface area contributed by atoms with Gasteiger partial charge in [-0.05, 0) is 48.9 Å². The summed E-state index contributed by atoms with van der Waals surface area (Å²) in [6, 6.07) is 13.3. The van der Waals surface area contributed by atoms with Gasteiger partial charge in [0.15, 0.2) is 0 Å². The van der Waals surface area contributed by atoms with Gasteiger partial charge in [-0.1, -0.05) is 12.1 Å². The van der Waals surface area contributed by atoms with E-state index in [1.807, 2.05) is 0 Å². The fourth-order valence-electron chi connectivity index (χ4n) is 3.50. The number of pyridine rings is 1. The van der Waals surface area contributed by atoms with E-state index in [9.17, 15) is 22.8 Å². The molecule has 3 N–H and O–H groups in total. The second-order valence-electron chi connectivity index (χ2n) is 8.53. The number of hydrogen-bond acceptors (Lipinski definition) is 7. The quantitative estimate of drug-likeness (QED) is 0.263. The number of nitrogens with one attached hydrogen (secondary N) is 3. The summed E-state index contributed by atoms with van der Waals surface area (Å²) in [5.74, 6) is 0.451. The Bertz CT molecular complexity index is 1530. The highest BCUT2D eigenvalue weighted by Gasteiger charge is 2.31. The van der Waals surface area contributed by atoms with Gasteiger partial charge in [0, 0.05) is 36.1 Å². The van der Waals surface area contributed by atoms with Gasteiger partial charge in [0.05, 0.1) is 24.6 Å². The van der Waals surface area contributed by atoms with Gasteiger partial charge in [-0.25, -0.2) is 19.7 Å². The Labute approximate surface area is 227 Å². The Balaban J connectivity index is 1.44. The Morgan fingerprint density at radius 2 is 1.70 bits per heavy atom. The lowest BCUT2D eigenvalue weighted by molar-refractivity contribution is -0.137. The van der Waals surface area contributed by atoms with Crippen molar-refractivity contribution in [3.8, 4) is 5.88 Å². The number of nitrogens with zero attached hydrogens (tertiary/aromatic N) is 4. The van der Waals surface area contributed by atoms with Gasteiger partial charge in [-0.2, -0.15) is 13.2 Å². The van der Waals surface area contributed by atoms with Crippen LogP contribution in [0.5, 0.6) is 5.88 Å². The maximum Gasteiger partial charge on any atom is 0.416 e. The number of benzene rings is 2. The molecule has 2 aromatic heterocycles. The number of halogens is 3. The Morgan fingerprint density at radius 1 is 0.925 bits per heavy atom. The molecule has 0 aliphatic rings. The van der Waals surface area contributed by atoms with Crippen molar-refractivity contribution in [3.05, 3.63) is 89.9 Å². The Hall–Kier alpha value is -5.20. The van der Waals surface area contributed by atoms with Gasteiger partial charge >= 0.3 is 12.2 Å². The summed E-state index contributed by atoms with van der Waals surface area (Å²) in [5.41, 5.74) is 0.930. The van der Waals surface area contributed by atoms with E-state index in [0.29, 0.717) is 34.5 Å². The number of methoxy groups -OCH3 is 1. The van der Waals surface area contributed by atoms with E-state index < -0.39 is 23.7 Å². The molecule has 2 heterocycles. The highest BCUT2D eigenvalue weighted by molar-refractivity contribution is 6.05. The summed E-state index contributed by atoms with van der Waals surface area (Å²) < 4.78 is 44.1. The van der Waals surface area contributed by atoms with Crippen LogP contribution in [0.1, 0.15) is 21.5 Å². The SMILES string of the molecule is COc1ccc(Nc2cc(N(C)C(=O)Nc3cc(NC(=O)c4cccc(C(F)(F)F)c4)ccc3C)ncn2)cn1. The van der Waals surface area contributed by atoms with Crippen LogP contribution in [-0.2, 0) is 6.18 Å². The third-order valence-electron chi connectivity index (χ3n) is 5.71. The summed E-state index contributed by atoms with van der Waals surface area (Å²) in [4.78, 5) is 39.3. The van der Waals surface area contributed by atoms with Crippen molar-refractivity contribution in [2.45, 2.75) is 13.1 Å². The smallest absolute Gasteiger partial charge is 0.416 e. The first-order valence-corrected chi connectivity index (χ1v) is 11.8. The van der Waals surface area contributed by atoms with E-state index >= 15 is 0 Å². The molecule has 13 heteroatoms. The monoisotopic (exact) mass is 551 g/mol. The number of amides is 3. The third-order valence-corrected chi connectivity index (χ3v) is 5.71. The number of ether oxygens (including phenoxy) is 1. The second kappa shape index (κ2) is 11.7. The molecular formula is C27H24F3N7O3. The number of anilines is 5. The van der Waals surface area contributed by atoms with Crippen LogP contribution in [0.4, 0.5) is 46.7 Å². The van der Waals surface area contributed by atoms with Crippen LogP contribution in [0.2, 0.25) is 0 Å². The van der Waals surface area contributed by atoms with E-state index in [1.54, 1.807) is 43.5 Å². The van der Waals surface area contributed by atoms with Crippen molar-refractivity contribution in [2.75, 3.05) is 35.0 Å². The normalized spacial score (nSPS) is 10.9. The molecule has 0 saturated heterocycles. The fraction of sp³-hybridized carbons (Fsp3) is 0.148. The molecule has 0 unspecified atom stereocenters. The van der Waals surface area contributed by atoms with Gasteiger partial charge in [-0.15, -0.1) is 0 Å². The van der Waals surface area contributed by atoms with E-state index in [4.69, 9.17) is 4.74 Å². The minimum absolute atomic E-state index is 0.153. The van der Waals surface area contributed by atoms with Gasteiger partial charge in [0.1, 0.15) is 18.0 Å². The maximum atomic E-state index is 13.0. The van der Waals surface area contributed by atoms with E-state index in [-0.39, 0.29) is 11.3 Å². The minimum atomic E-state index is -4.57. The number of hydrogen-bond donors (Lipinski definition) is 3. The highest BCUT2D eigenvalue weighted by atomic mass is 19.4. The van der Waals surface area contributed by atoms with Crippen molar-refractivity contribution in [2.24, 2.45) is 0 Å². The van der Waals surface area contributed by atoms with Crippen LogP contribution in [0.3, 0.4) is 0 Å². The lowest BCUT2D eigenvalue weighted by Crippen LogP contribution is -2.32. The molecule has 0 radical (unpaired) electrons. The van der Waals surface area contributed by atoms with Crippen molar-refractivity contribution in [1.29, 1.82) is 0 Å². The highest BCUT2D eigenvalue weighted by Crippen LogP contribution is 2.30. The Morgan fingerprint density at radius 3 is 2.40 bits per heavy atom. The standard InChI is InChI=1S/C27H24F3N7O3/c1-16-7-8-19(35-25(38)17-5-4-6-18(11-17)27(28,29)30)12-21(16)36-26(39)37(2)23-13-22(32-15-33-23)34-20-9-10-24(40-3)31-14-20/h4-15H,1-3H3,(H,35,38)(H,36,39)(H,32,33,34). The average Bonchev–Trinajstić information content (AvgIpc) is 2.94. The van der Waals surface area contributed by atoms with Gasteiger partial charge < -0.3 is 20.7 Å². The predicted octanol–water partition coefficient (Wildman–Crippen LogP) is 5.87. The zero-order valence-electron chi connectivity index (χ0n) is 21.6. The van der Waals surface area contributed by atoms with E-state index in [1.165, 1.54) is 37.5 Å². The molecular weight excluding hydrogens is 527 g/mol. The number of rotatable bonds is 7. The summed E-state index contributed by atoms with van der Waals surface area (Å²) in [6.07, 6.45) is -1.71. The molecule has 206 valence electrons. The predicted molar refractivity (Wildman–Crippen MR) is 144 cm³/mol. The Kier molecular flexibility index (Phi) is 8.12. The first-order chi connectivity index (χ1) is 19.0. The van der Waals surface area contributed by atoms with Crippen LogP contribution in [0.15, 0.2) is 73.2 Å². The zero-order chi connectivity index (χ0) is 28.9. The van der Waals surface area contributed by atoms with Crippen LogP contribution in [0, 0.1) is 6.92 Å². The fourth-order valence-corrected chi connectivity index (χ4v) is 3.50. The molecule has 0 aliphatic heterocycles. The van der Waals surface area contributed by atoms with E-state index in [2.05, 4.69) is 30.9 Å².